The van der Waals surface area contributed by atoms with Crippen molar-refractivity contribution in [2.24, 2.45) is 0 Å². The smallest absolute Gasteiger partial charge is 0.306 e. The first kappa shape index (κ1) is 60.3. The van der Waals surface area contributed by atoms with Crippen molar-refractivity contribution >= 4 is 17.9 Å². The van der Waals surface area contributed by atoms with Gasteiger partial charge >= 0.3 is 11.9 Å². The zero-order chi connectivity index (χ0) is 45.6. The number of carbonyl (C=O) groups is 3. The summed E-state index contributed by atoms with van der Waals surface area (Å²) in [6.45, 7) is 4.73. The first-order valence-electron chi connectivity index (χ1n) is 27.1. The largest absolute Gasteiger partial charge is 0.544 e. The molecule has 0 saturated heterocycles. The van der Waals surface area contributed by atoms with E-state index < -0.39 is 18.1 Å². The van der Waals surface area contributed by atoms with Crippen LogP contribution in [0.15, 0.2) is 0 Å². The molecule has 0 heterocycles. The predicted molar refractivity (Wildman–Crippen MR) is 259 cm³/mol. The zero-order valence-corrected chi connectivity index (χ0v) is 42.1. The number of ether oxygens (including phenoxy) is 3. The molecule has 0 aromatic heterocycles. The van der Waals surface area contributed by atoms with E-state index in [0.717, 1.165) is 38.5 Å². The minimum absolute atomic E-state index is 0.0498. The van der Waals surface area contributed by atoms with Crippen molar-refractivity contribution in [3.05, 3.63) is 0 Å². The molecular formula is C54H105NO7. The minimum atomic E-state index is -1.12. The van der Waals surface area contributed by atoms with Gasteiger partial charge in [0.25, 0.3) is 0 Å². The highest BCUT2D eigenvalue weighted by Crippen LogP contribution is 2.17. The summed E-state index contributed by atoms with van der Waals surface area (Å²) in [4.78, 5) is 37.0. The van der Waals surface area contributed by atoms with Gasteiger partial charge in [-0.3, -0.25) is 9.59 Å². The average molecular weight is 880 g/mol. The molecule has 0 aliphatic rings. The van der Waals surface area contributed by atoms with Crippen LogP contribution in [0.25, 0.3) is 0 Å². The fourth-order valence-electron chi connectivity index (χ4n) is 8.55. The lowest BCUT2D eigenvalue weighted by molar-refractivity contribution is -0.889. The molecule has 2 unspecified atom stereocenters. The third-order valence-electron chi connectivity index (χ3n) is 12.7. The topological polar surface area (TPSA) is 102 Å². The van der Waals surface area contributed by atoms with Crippen LogP contribution in [0.2, 0.25) is 0 Å². The molecule has 2 atom stereocenters. The van der Waals surface area contributed by atoms with Crippen LogP contribution in [0, 0.1) is 0 Å². The van der Waals surface area contributed by atoms with E-state index >= 15 is 0 Å². The number of likely N-dealkylation sites (N-methyl/N-ethyl adjacent to an activating group) is 1. The van der Waals surface area contributed by atoms with Gasteiger partial charge in [-0.05, 0) is 12.8 Å². The van der Waals surface area contributed by atoms with Crippen LogP contribution in [0.4, 0.5) is 0 Å². The van der Waals surface area contributed by atoms with Crippen LogP contribution in [-0.2, 0) is 28.6 Å². The molecule has 8 heteroatoms. The minimum Gasteiger partial charge on any atom is -0.544 e. The van der Waals surface area contributed by atoms with Gasteiger partial charge in [-0.25, -0.2) is 0 Å². The normalized spacial score (nSPS) is 12.7. The maximum absolute atomic E-state index is 12.8. The average Bonchev–Trinajstić information content (AvgIpc) is 3.23. The molecule has 0 aromatic carbocycles. The van der Waals surface area contributed by atoms with E-state index in [0.29, 0.717) is 12.8 Å². The molecule has 0 radical (unpaired) electrons. The lowest BCUT2D eigenvalue weighted by atomic mass is 10.0. The zero-order valence-electron chi connectivity index (χ0n) is 42.1. The summed E-state index contributed by atoms with van der Waals surface area (Å²) in [5, 5.41) is 11.7. The van der Waals surface area contributed by atoms with Crippen molar-refractivity contribution in [3.8, 4) is 0 Å². The monoisotopic (exact) mass is 880 g/mol. The van der Waals surface area contributed by atoms with E-state index in [2.05, 4.69) is 13.8 Å². The molecule has 62 heavy (non-hydrogen) atoms. The SMILES string of the molecule is CCCCCCCCCCCCCCCCCCCCCCCCCC(=O)OCC(COCCC(C(=O)[O-])[N+](C)(C)C)OC(=O)CCCCCCCCCCCCCCCCC. The second kappa shape index (κ2) is 45.9. The molecule has 368 valence electrons. The van der Waals surface area contributed by atoms with E-state index in [-0.39, 0.29) is 42.7 Å². The highest BCUT2D eigenvalue weighted by molar-refractivity contribution is 5.70. The number of quaternary nitrogens is 1. The Kier molecular flexibility index (Phi) is 44.6. The van der Waals surface area contributed by atoms with Crippen molar-refractivity contribution in [1.29, 1.82) is 0 Å². The Balaban J connectivity index is 4.11. The summed E-state index contributed by atoms with van der Waals surface area (Å²) in [6.07, 6.45) is 50.0. The van der Waals surface area contributed by atoms with Crippen LogP contribution in [-0.4, -0.2) is 75.5 Å². The van der Waals surface area contributed by atoms with Gasteiger partial charge in [0.05, 0.1) is 40.3 Å². The summed E-state index contributed by atoms with van der Waals surface area (Å²) in [5.41, 5.74) is 0. The number of esters is 2. The first-order valence-corrected chi connectivity index (χ1v) is 27.1. The summed E-state index contributed by atoms with van der Waals surface area (Å²) < 4.78 is 17.3. The Morgan fingerprint density at radius 1 is 0.419 bits per heavy atom. The highest BCUT2D eigenvalue weighted by Gasteiger charge is 2.25. The van der Waals surface area contributed by atoms with Crippen molar-refractivity contribution in [3.63, 3.8) is 0 Å². The molecule has 0 aromatic rings. The molecule has 0 spiro atoms. The van der Waals surface area contributed by atoms with E-state index in [1.165, 1.54) is 205 Å². The van der Waals surface area contributed by atoms with Crippen molar-refractivity contribution in [1.82, 2.24) is 0 Å². The Morgan fingerprint density at radius 2 is 0.710 bits per heavy atom. The molecule has 0 aliphatic heterocycles. The Bertz CT molecular complexity index is 982. The number of carbonyl (C=O) groups excluding carboxylic acids is 3. The van der Waals surface area contributed by atoms with Gasteiger partial charge in [0.2, 0.25) is 0 Å². The lowest BCUT2D eigenvalue weighted by Gasteiger charge is -2.34. The van der Waals surface area contributed by atoms with Gasteiger partial charge in [0.15, 0.2) is 6.10 Å². The molecule has 0 aliphatic carbocycles. The highest BCUT2D eigenvalue weighted by atomic mass is 16.6. The molecule has 0 N–H and O–H groups in total. The van der Waals surface area contributed by atoms with Gasteiger partial charge in [0.1, 0.15) is 12.6 Å². The molecule has 0 bridgehead atoms. The third-order valence-corrected chi connectivity index (χ3v) is 12.7. The summed E-state index contributed by atoms with van der Waals surface area (Å²) in [7, 11) is 5.43. The van der Waals surface area contributed by atoms with Crippen LogP contribution < -0.4 is 5.11 Å². The number of nitrogens with zero attached hydrogens (tertiary/aromatic N) is 1. The number of carboxylic acids is 1. The van der Waals surface area contributed by atoms with Crippen LogP contribution in [0.3, 0.4) is 0 Å². The Hall–Kier alpha value is -1.67. The number of aliphatic carboxylic acids is 1. The van der Waals surface area contributed by atoms with Gasteiger partial charge in [-0.15, -0.1) is 0 Å². The lowest BCUT2D eigenvalue weighted by Crippen LogP contribution is -2.55. The number of unbranched alkanes of at least 4 members (excludes halogenated alkanes) is 36. The summed E-state index contributed by atoms with van der Waals surface area (Å²) in [5.74, 6) is -1.70. The number of carboxylic acid groups (broad SMARTS) is 1. The summed E-state index contributed by atoms with van der Waals surface area (Å²) in [6, 6.07) is -0.720. The predicted octanol–water partition coefficient (Wildman–Crippen LogP) is 14.3. The van der Waals surface area contributed by atoms with Crippen molar-refractivity contribution < 1.29 is 38.2 Å². The van der Waals surface area contributed by atoms with Crippen LogP contribution in [0.5, 0.6) is 0 Å². The second-order valence-electron chi connectivity index (χ2n) is 19.8. The maximum Gasteiger partial charge on any atom is 0.306 e. The van der Waals surface area contributed by atoms with Gasteiger partial charge in [-0.2, -0.15) is 0 Å². The van der Waals surface area contributed by atoms with E-state index in [9.17, 15) is 19.5 Å². The molecule has 0 saturated carbocycles. The second-order valence-corrected chi connectivity index (χ2v) is 19.8. The molecule has 0 fully saturated rings. The maximum atomic E-state index is 12.8. The third kappa shape index (κ3) is 43.6. The fourth-order valence-corrected chi connectivity index (χ4v) is 8.55. The quantitative estimate of drug-likeness (QED) is 0.0341. The number of hydrogen-bond donors (Lipinski definition) is 0. The van der Waals surface area contributed by atoms with E-state index in [1.807, 2.05) is 21.1 Å². The first-order chi connectivity index (χ1) is 30.1. The van der Waals surface area contributed by atoms with Crippen LogP contribution in [0.1, 0.15) is 277 Å². The van der Waals surface area contributed by atoms with Crippen LogP contribution >= 0.6 is 0 Å². The van der Waals surface area contributed by atoms with Gasteiger partial charge in [0, 0.05) is 19.3 Å². The Morgan fingerprint density at radius 3 is 1.00 bits per heavy atom. The fraction of sp³-hybridized carbons (Fsp3) is 0.944. The molecule has 8 nitrogen and oxygen atoms in total. The van der Waals surface area contributed by atoms with Gasteiger partial charge in [-0.1, -0.05) is 245 Å². The standard InChI is InChI=1S/C54H105NO7/c1-6-8-10-12-14-16-18-20-22-23-24-25-26-27-28-29-31-32-34-36-38-40-42-44-52(56)61-49-50(48-60-47-46-51(54(58)59)55(3,4)5)62-53(57)45-43-41-39-37-35-33-30-21-19-17-15-13-11-9-7-2/h50-51H,6-49H2,1-5H3. The van der Waals surface area contributed by atoms with Gasteiger partial charge < -0.3 is 28.6 Å². The number of hydrogen-bond acceptors (Lipinski definition) is 7. The molecule has 0 rings (SSSR count). The van der Waals surface area contributed by atoms with E-state index in [1.54, 1.807) is 0 Å². The van der Waals surface area contributed by atoms with E-state index in [4.69, 9.17) is 14.2 Å². The number of rotatable bonds is 50. The Labute approximate surface area is 385 Å². The van der Waals surface area contributed by atoms with Crippen molar-refractivity contribution in [2.45, 2.75) is 289 Å². The summed E-state index contributed by atoms with van der Waals surface area (Å²) >= 11 is 0. The van der Waals surface area contributed by atoms with Crippen molar-refractivity contribution in [2.75, 3.05) is 41.0 Å². The molecule has 0 amide bonds. The molecular weight excluding hydrogens is 775 g/mol.